The van der Waals surface area contributed by atoms with E-state index in [-0.39, 0.29) is 43.9 Å². The molecule has 3 rings (SSSR count). The molecule has 14 nitrogen and oxygen atoms in total. The lowest BCUT2D eigenvalue weighted by Crippen LogP contribution is -2.42. The molecule has 38 heavy (non-hydrogen) atoms. The van der Waals surface area contributed by atoms with Crippen LogP contribution in [0.15, 0.2) is 12.1 Å². The summed E-state index contributed by atoms with van der Waals surface area (Å²) in [5, 5.41) is 6.60. The van der Waals surface area contributed by atoms with Crippen LogP contribution in [0.3, 0.4) is 0 Å². The molecular formula is C16H21F6N5O9P2. The highest BCUT2D eigenvalue weighted by Gasteiger charge is 2.40. The molecule has 1 aliphatic heterocycles. The molecule has 8 N–H and O–H groups in total. The summed E-state index contributed by atoms with van der Waals surface area (Å²) in [6.45, 7) is -0.302. The Bertz CT molecular complexity index is 1180. The summed E-state index contributed by atoms with van der Waals surface area (Å²) in [5.41, 5.74) is 5.64. The number of carbonyl (C=O) groups excluding carboxylic acids is 1. The number of aromatic nitrogens is 3. The molecule has 0 saturated carbocycles. The number of alkyl halides is 3. The highest BCUT2D eigenvalue weighted by molar-refractivity contribution is 7.45. The van der Waals surface area contributed by atoms with E-state index in [0.29, 0.717) is 12.1 Å². The number of nitrogens with zero attached hydrogens (tertiary/aromatic N) is 4. The molecule has 1 aromatic carbocycles. The van der Waals surface area contributed by atoms with E-state index in [1.54, 1.807) is 0 Å². The first-order valence-electron chi connectivity index (χ1n) is 9.79. The molecule has 2 aromatic rings. The number of nitrogens with two attached hydrogens (primary N) is 1. The molecule has 0 saturated heterocycles. The van der Waals surface area contributed by atoms with Gasteiger partial charge in [0, 0.05) is 31.6 Å². The van der Waals surface area contributed by atoms with Crippen molar-refractivity contribution in [2.75, 3.05) is 6.54 Å². The van der Waals surface area contributed by atoms with E-state index >= 15 is 0 Å². The predicted molar refractivity (Wildman–Crippen MR) is 112 cm³/mol. The minimum Gasteiger partial charge on any atom is -0.333 e. The van der Waals surface area contributed by atoms with Crippen LogP contribution in [0.1, 0.15) is 23.6 Å². The number of fused-ring (bicyclic) bond motifs is 1. The fourth-order valence-electron chi connectivity index (χ4n) is 3.01. The maximum absolute atomic E-state index is 13.7. The van der Waals surface area contributed by atoms with Crippen molar-refractivity contribution in [2.24, 2.45) is 5.73 Å². The van der Waals surface area contributed by atoms with Crippen molar-refractivity contribution >= 4 is 21.6 Å². The molecule has 1 atom stereocenters. The number of hydrogen-bond donors (Lipinski definition) is 7. The Kier molecular flexibility index (Phi) is 11.6. The summed E-state index contributed by atoms with van der Waals surface area (Å²) in [6.07, 6.45) is -5.11. The van der Waals surface area contributed by atoms with Crippen LogP contribution in [0.25, 0.3) is 0 Å². The van der Waals surface area contributed by atoms with Gasteiger partial charge in [-0.2, -0.15) is 13.2 Å². The van der Waals surface area contributed by atoms with Crippen LogP contribution in [-0.2, 0) is 39.6 Å². The molecule has 0 aliphatic carbocycles. The summed E-state index contributed by atoms with van der Waals surface area (Å²) < 4.78 is 97.0. The number of phosphoric acid groups is 2. The fourth-order valence-corrected chi connectivity index (χ4v) is 3.01. The first-order chi connectivity index (χ1) is 17.1. The SMILES string of the molecule is N[C@@H](CC(=O)N1CCn2c(nnc2C(F)(F)F)C1)Cc1cc(F)c(F)cc1F.O=P(O)(O)O.O=P(O)(O)O. The number of hydrogen-bond acceptors (Lipinski definition) is 6. The number of carbonyl (C=O) groups is 1. The van der Waals surface area contributed by atoms with Crippen LogP contribution in [-0.4, -0.2) is 67.5 Å². The monoisotopic (exact) mass is 603 g/mol. The topological polar surface area (TPSA) is 233 Å². The minimum absolute atomic E-state index is 0.000783. The minimum atomic E-state index is -4.64. The molecule has 1 aromatic heterocycles. The lowest BCUT2D eigenvalue weighted by atomic mass is 10.0. The number of rotatable bonds is 4. The Morgan fingerprint density at radius 1 is 0.947 bits per heavy atom. The second kappa shape index (κ2) is 13.1. The largest absolute Gasteiger partial charge is 0.466 e. The Morgan fingerprint density at radius 2 is 1.45 bits per heavy atom. The summed E-state index contributed by atoms with van der Waals surface area (Å²) in [6, 6.07) is 0.184. The second-order valence-corrected chi connectivity index (χ2v) is 9.51. The van der Waals surface area contributed by atoms with Gasteiger partial charge in [-0.05, 0) is 18.1 Å². The molecule has 22 heteroatoms. The predicted octanol–water partition coefficient (Wildman–Crippen LogP) is 0.159. The van der Waals surface area contributed by atoms with Crippen molar-refractivity contribution in [3.05, 3.63) is 46.8 Å². The van der Waals surface area contributed by atoms with E-state index in [9.17, 15) is 31.1 Å². The van der Waals surface area contributed by atoms with Crippen molar-refractivity contribution in [1.29, 1.82) is 0 Å². The summed E-state index contributed by atoms with van der Waals surface area (Å²) in [4.78, 5) is 56.8. The van der Waals surface area contributed by atoms with Crippen molar-refractivity contribution in [3.8, 4) is 0 Å². The lowest BCUT2D eigenvalue weighted by Gasteiger charge is -2.29. The third kappa shape index (κ3) is 12.4. The average molecular weight is 603 g/mol. The molecule has 0 fully saturated rings. The molecule has 1 aliphatic rings. The third-order valence-electron chi connectivity index (χ3n) is 4.37. The number of amides is 1. The fraction of sp³-hybridized carbons (Fsp3) is 0.438. The highest BCUT2D eigenvalue weighted by Crippen LogP contribution is 2.29. The molecule has 1 amide bonds. The number of halogens is 6. The van der Waals surface area contributed by atoms with E-state index in [1.807, 2.05) is 0 Å². The van der Waals surface area contributed by atoms with E-state index in [1.165, 1.54) is 4.90 Å². The first-order valence-corrected chi connectivity index (χ1v) is 12.9. The van der Waals surface area contributed by atoms with Gasteiger partial charge in [0.15, 0.2) is 17.5 Å². The zero-order valence-corrected chi connectivity index (χ0v) is 20.5. The van der Waals surface area contributed by atoms with Crippen molar-refractivity contribution < 1.29 is 69.6 Å². The van der Waals surface area contributed by atoms with E-state index in [0.717, 1.165) is 4.57 Å². The molecule has 2 heterocycles. The van der Waals surface area contributed by atoms with Gasteiger partial charge in [0.1, 0.15) is 5.82 Å². The average Bonchev–Trinajstić information content (AvgIpc) is 3.13. The molecule has 0 spiro atoms. The van der Waals surface area contributed by atoms with Crippen molar-refractivity contribution in [2.45, 2.75) is 38.1 Å². The van der Waals surface area contributed by atoms with E-state index in [2.05, 4.69) is 10.2 Å². The second-order valence-electron chi connectivity index (χ2n) is 7.46. The molecular weight excluding hydrogens is 582 g/mol. The van der Waals surface area contributed by atoms with Gasteiger partial charge >= 0.3 is 21.8 Å². The molecule has 216 valence electrons. The van der Waals surface area contributed by atoms with E-state index < -0.39 is 57.0 Å². The van der Waals surface area contributed by atoms with Crippen molar-refractivity contribution in [1.82, 2.24) is 19.7 Å². The Hall–Kier alpha value is -2.41. The Balaban J connectivity index is 0.000000616. The molecule has 0 bridgehead atoms. The van der Waals surface area contributed by atoms with Crippen LogP contribution >= 0.6 is 15.6 Å². The standard InChI is InChI=1S/C16H15F6N5O.2H3O4P/c17-10-6-12(19)11(18)4-8(10)3-9(23)5-14(28)26-1-2-27-13(7-26)24-25-15(27)16(20,21)22;2*1-5(2,3)4/h4,6,9H,1-3,5,7,23H2;2*(H3,1,2,3,4)/t9-;;/m1../s1. The van der Waals surface area contributed by atoms with Crippen LogP contribution in [0, 0.1) is 17.5 Å². The van der Waals surface area contributed by atoms with Crippen LogP contribution in [0.4, 0.5) is 26.3 Å². The zero-order valence-electron chi connectivity index (χ0n) is 18.7. The van der Waals surface area contributed by atoms with Crippen LogP contribution in [0.2, 0.25) is 0 Å². The zero-order chi connectivity index (χ0) is 29.6. The normalized spacial score (nSPS) is 14.5. The maximum Gasteiger partial charge on any atom is 0.466 e. The van der Waals surface area contributed by atoms with Crippen LogP contribution < -0.4 is 5.73 Å². The Morgan fingerprint density at radius 3 is 1.95 bits per heavy atom. The smallest absolute Gasteiger partial charge is 0.333 e. The van der Waals surface area contributed by atoms with Gasteiger partial charge in [-0.1, -0.05) is 0 Å². The Labute approximate surface area is 208 Å². The quantitative estimate of drug-likeness (QED) is 0.141. The summed E-state index contributed by atoms with van der Waals surface area (Å²) in [7, 11) is -9.28. The maximum atomic E-state index is 13.7. The van der Waals surface area contributed by atoms with Gasteiger partial charge in [0.05, 0.1) is 6.54 Å². The highest BCUT2D eigenvalue weighted by atomic mass is 31.2. The van der Waals surface area contributed by atoms with Gasteiger partial charge in [0.25, 0.3) is 0 Å². The first kappa shape index (κ1) is 33.6. The molecule has 0 radical (unpaired) electrons. The summed E-state index contributed by atoms with van der Waals surface area (Å²) in [5.74, 6) is -5.15. The van der Waals surface area contributed by atoms with Gasteiger partial charge in [-0.15, -0.1) is 10.2 Å². The van der Waals surface area contributed by atoms with Crippen LogP contribution in [0.5, 0.6) is 0 Å². The van der Waals surface area contributed by atoms with Gasteiger partial charge < -0.3 is 44.6 Å². The molecule has 0 unspecified atom stereocenters. The third-order valence-corrected chi connectivity index (χ3v) is 4.37. The van der Waals surface area contributed by atoms with Crippen molar-refractivity contribution in [3.63, 3.8) is 0 Å². The van der Waals surface area contributed by atoms with Gasteiger partial charge in [-0.3, -0.25) is 4.79 Å². The van der Waals surface area contributed by atoms with Gasteiger partial charge in [-0.25, -0.2) is 22.3 Å². The summed E-state index contributed by atoms with van der Waals surface area (Å²) >= 11 is 0. The van der Waals surface area contributed by atoms with E-state index in [4.69, 9.17) is 44.2 Å². The lowest BCUT2D eigenvalue weighted by molar-refractivity contribution is -0.148. The number of benzene rings is 1. The van der Waals surface area contributed by atoms with Gasteiger partial charge in [0.2, 0.25) is 11.7 Å².